The smallest absolute Gasteiger partial charge is 0.269 e. The minimum Gasteiger partial charge on any atom is -0.302 e. The maximum Gasteiger partial charge on any atom is 0.269 e. The SMILES string of the molecule is Cc1ccc(C(=O)NNC2=CC(=O)CCC2)cc1. The Morgan fingerprint density at radius 1 is 1.17 bits per heavy atom. The summed E-state index contributed by atoms with van der Waals surface area (Å²) in [6.07, 6.45) is 3.77. The third-order valence-electron chi connectivity index (χ3n) is 2.85. The summed E-state index contributed by atoms with van der Waals surface area (Å²) < 4.78 is 0. The first kappa shape index (κ1) is 12.4. The number of nitrogens with one attached hydrogen (secondary N) is 2. The summed E-state index contributed by atoms with van der Waals surface area (Å²) in [5.74, 6) is -0.0951. The molecule has 4 nitrogen and oxygen atoms in total. The second kappa shape index (κ2) is 5.49. The number of carbonyl (C=O) groups excluding carboxylic acids is 2. The highest BCUT2D eigenvalue weighted by molar-refractivity contribution is 5.94. The largest absolute Gasteiger partial charge is 0.302 e. The molecule has 1 amide bonds. The molecule has 2 N–H and O–H groups in total. The number of rotatable bonds is 3. The van der Waals surface area contributed by atoms with E-state index in [4.69, 9.17) is 0 Å². The normalized spacial score (nSPS) is 14.9. The van der Waals surface area contributed by atoms with Gasteiger partial charge in [0.15, 0.2) is 5.78 Å². The number of hydrogen-bond donors (Lipinski definition) is 2. The van der Waals surface area contributed by atoms with Crippen molar-refractivity contribution in [2.24, 2.45) is 0 Å². The Bertz CT molecular complexity index is 489. The van der Waals surface area contributed by atoms with Gasteiger partial charge in [-0.2, -0.15) is 0 Å². The molecular weight excluding hydrogens is 228 g/mol. The Morgan fingerprint density at radius 3 is 2.56 bits per heavy atom. The Morgan fingerprint density at radius 2 is 1.89 bits per heavy atom. The topological polar surface area (TPSA) is 58.2 Å². The molecule has 1 aromatic rings. The highest BCUT2D eigenvalue weighted by atomic mass is 16.2. The zero-order valence-corrected chi connectivity index (χ0v) is 10.3. The van der Waals surface area contributed by atoms with Crippen molar-refractivity contribution < 1.29 is 9.59 Å². The monoisotopic (exact) mass is 244 g/mol. The lowest BCUT2D eigenvalue weighted by atomic mass is 10.0. The molecule has 0 heterocycles. The molecule has 0 saturated heterocycles. The highest BCUT2D eigenvalue weighted by Crippen LogP contribution is 2.11. The molecule has 4 heteroatoms. The first-order chi connectivity index (χ1) is 8.65. The van der Waals surface area contributed by atoms with Gasteiger partial charge >= 0.3 is 0 Å². The number of aryl methyl sites for hydroxylation is 1. The third kappa shape index (κ3) is 3.20. The standard InChI is InChI=1S/C14H16N2O2/c1-10-5-7-11(8-6-10)14(18)16-15-12-3-2-4-13(17)9-12/h5-9,15H,2-4H2,1H3,(H,16,18). The summed E-state index contributed by atoms with van der Waals surface area (Å²) in [6.45, 7) is 1.97. The molecule has 0 bridgehead atoms. The second-order valence-electron chi connectivity index (χ2n) is 4.43. The number of hydrogen-bond acceptors (Lipinski definition) is 3. The average molecular weight is 244 g/mol. The zero-order chi connectivity index (χ0) is 13.0. The van der Waals surface area contributed by atoms with Crippen LogP contribution in [0.25, 0.3) is 0 Å². The maximum atomic E-state index is 11.8. The van der Waals surface area contributed by atoms with Crippen LogP contribution in [0, 0.1) is 6.92 Å². The van der Waals surface area contributed by atoms with Crippen molar-refractivity contribution in [2.45, 2.75) is 26.2 Å². The van der Waals surface area contributed by atoms with Gasteiger partial charge in [-0.15, -0.1) is 0 Å². The molecule has 0 radical (unpaired) electrons. The molecule has 94 valence electrons. The number of hydrazine groups is 1. The van der Waals surface area contributed by atoms with Gasteiger partial charge in [-0.05, 0) is 31.9 Å². The van der Waals surface area contributed by atoms with Crippen LogP contribution in [0.3, 0.4) is 0 Å². The number of amides is 1. The summed E-state index contributed by atoms with van der Waals surface area (Å²) in [4.78, 5) is 23.0. The average Bonchev–Trinajstić information content (AvgIpc) is 2.37. The van der Waals surface area contributed by atoms with Gasteiger partial charge < -0.3 is 5.43 Å². The lowest BCUT2D eigenvalue weighted by Crippen LogP contribution is -2.37. The van der Waals surface area contributed by atoms with Gasteiger partial charge in [-0.3, -0.25) is 15.0 Å². The number of carbonyl (C=O) groups is 2. The predicted octanol–water partition coefficient (Wildman–Crippen LogP) is 1.87. The fourth-order valence-corrected chi connectivity index (χ4v) is 1.80. The summed E-state index contributed by atoms with van der Waals surface area (Å²) >= 11 is 0. The summed E-state index contributed by atoms with van der Waals surface area (Å²) in [5, 5.41) is 0. The van der Waals surface area contributed by atoms with Crippen molar-refractivity contribution in [3.05, 3.63) is 47.2 Å². The van der Waals surface area contributed by atoms with Crippen molar-refractivity contribution in [3.8, 4) is 0 Å². The van der Waals surface area contributed by atoms with Crippen LogP contribution in [0.4, 0.5) is 0 Å². The quantitative estimate of drug-likeness (QED) is 0.798. The number of ketones is 1. The Balaban J connectivity index is 1.92. The molecule has 1 aliphatic rings. The molecule has 0 fully saturated rings. The maximum absolute atomic E-state index is 11.8. The van der Waals surface area contributed by atoms with Crippen molar-refractivity contribution in [1.29, 1.82) is 0 Å². The van der Waals surface area contributed by atoms with Crippen LogP contribution in [0.2, 0.25) is 0 Å². The van der Waals surface area contributed by atoms with Gasteiger partial charge in [-0.1, -0.05) is 17.7 Å². The number of benzene rings is 1. The van der Waals surface area contributed by atoms with Crippen LogP contribution in [-0.4, -0.2) is 11.7 Å². The molecule has 0 spiro atoms. The molecule has 0 aliphatic heterocycles. The van der Waals surface area contributed by atoms with Crippen LogP contribution in [0.1, 0.15) is 35.2 Å². The molecule has 0 aromatic heterocycles. The van der Waals surface area contributed by atoms with E-state index in [1.54, 1.807) is 18.2 Å². The minimum atomic E-state index is -0.200. The van der Waals surface area contributed by atoms with Crippen molar-refractivity contribution in [2.75, 3.05) is 0 Å². The van der Waals surface area contributed by atoms with E-state index < -0.39 is 0 Å². The lowest BCUT2D eigenvalue weighted by molar-refractivity contribution is -0.115. The van der Waals surface area contributed by atoms with Crippen LogP contribution < -0.4 is 10.9 Å². The number of allylic oxidation sites excluding steroid dienone is 2. The zero-order valence-electron chi connectivity index (χ0n) is 10.3. The van der Waals surface area contributed by atoms with E-state index in [2.05, 4.69) is 10.9 Å². The van der Waals surface area contributed by atoms with Crippen molar-refractivity contribution in [3.63, 3.8) is 0 Å². The van der Waals surface area contributed by atoms with Crippen LogP contribution in [0.15, 0.2) is 36.0 Å². The summed E-state index contributed by atoms with van der Waals surface area (Å²) in [7, 11) is 0. The second-order valence-corrected chi connectivity index (χ2v) is 4.43. The van der Waals surface area contributed by atoms with Crippen molar-refractivity contribution >= 4 is 11.7 Å². The fourth-order valence-electron chi connectivity index (χ4n) is 1.80. The Kier molecular flexibility index (Phi) is 3.77. The lowest BCUT2D eigenvalue weighted by Gasteiger charge is -2.15. The van der Waals surface area contributed by atoms with Crippen LogP contribution >= 0.6 is 0 Å². The van der Waals surface area contributed by atoms with Crippen LogP contribution in [0.5, 0.6) is 0 Å². The molecule has 1 aromatic carbocycles. The van der Waals surface area contributed by atoms with E-state index in [-0.39, 0.29) is 11.7 Å². The van der Waals surface area contributed by atoms with Crippen LogP contribution in [-0.2, 0) is 4.79 Å². The third-order valence-corrected chi connectivity index (χ3v) is 2.85. The van der Waals surface area contributed by atoms with E-state index in [0.717, 1.165) is 24.1 Å². The molecular formula is C14H16N2O2. The highest BCUT2D eigenvalue weighted by Gasteiger charge is 2.10. The molecule has 0 saturated carbocycles. The van der Waals surface area contributed by atoms with Crippen molar-refractivity contribution in [1.82, 2.24) is 10.9 Å². The molecule has 2 rings (SSSR count). The molecule has 1 aliphatic carbocycles. The van der Waals surface area contributed by atoms with Gasteiger partial charge in [-0.25, -0.2) is 0 Å². The molecule has 18 heavy (non-hydrogen) atoms. The minimum absolute atomic E-state index is 0.105. The summed E-state index contributed by atoms with van der Waals surface area (Å²) in [5.41, 5.74) is 7.88. The molecule has 0 atom stereocenters. The Labute approximate surface area is 106 Å². The summed E-state index contributed by atoms with van der Waals surface area (Å²) in [6, 6.07) is 7.32. The van der Waals surface area contributed by atoms with E-state index in [0.29, 0.717) is 12.0 Å². The van der Waals surface area contributed by atoms with E-state index in [1.165, 1.54) is 0 Å². The van der Waals surface area contributed by atoms with Gasteiger partial charge in [0, 0.05) is 23.8 Å². The first-order valence-electron chi connectivity index (χ1n) is 6.01. The van der Waals surface area contributed by atoms with Gasteiger partial charge in [0.05, 0.1) is 0 Å². The van der Waals surface area contributed by atoms with Gasteiger partial charge in [0.2, 0.25) is 0 Å². The van der Waals surface area contributed by atoms with E-state index >= 15 is 0 Å². The fraction of sp³-hybridized carbons (Fsp3) is 0.286. The van der Waals surface area contributed by atoms with Gasteiger partial charge in [0.25, 0.3) is 5.91 Å². The predicted molar refractivity (Wildman–Crippen MR) is 68.7 cm³/mol. The van der Waals surface area contributed by atoms with E-state index in [1.807, 2.05) is 19.1 Å². The first-order valence-corrected chi connectivity index (χ1v) is 6.01. The Hall–Kier alpha value is -2.10. The van der Waals surface area contributed by atoms with Gasteiger partial charge in [0.1, 0.15) is 0 Å². The van der Waals surface area contributed by atoms with E-state index in [9.17, 15) is 9.59 Å². The molecule has 0 unspecified atom stereocenters.